The minimum Gasteiger partial charge on any atom is -0.496 e. The van der Waals surface area contributed by atoms with Crippen molar-refractivity contribution in [3.8, 4) is 17.0 Å². The number of methoxy groups -OCH3 is 1. The van der Waals surface area contributed by atoms with Gasteiger partial charge in [0.05, 0.1) is 18.7 Å². The maximum absolute atomic E-state index is 12.8. The van der Waals surface area contributed by atoms with Crippen molar-refractivity contribution in [1.29, 1.82) is 0 Å². The highest BCUT2D eigenvalue weighted by Gasteiger charge is 2.26. The van der Waals surface area contributed by atoms with Crippen LogP contribution in [0.2, 0.25) is 0 Å². The first-order chi connectivity index (χ1) is 15.7. The minimum absolute atomic E-state index is 0.0423. The minimum atomic E-state index is -0.0423. The number of hydrogen-bond acceptors (Lipinski definition) is 5. The summed E-state index contributed by atoms with van der Waals surface area (Å²) in [4.78, 5) is 15.0. The van der Waals surface area contributed by atoms with E-state index in [1.807, 2.05) is 48.5 Å². The molecule has 32 heavy (non-hydrogen) atoms. The molecule has 0 aliphatic carbocycles. The molecule has 2 heterocycles. The lowest BCUT2D eigenvalue weighted by molar-refractivity contribution is -0.125. The number of benzene rings is 2. The van der Waals surface area contributed by atoms with Crippen LogP contribution in [0.4, 0.5) is 5.82 Å². The molecular weight excluding hydrogens is 400 g/mol. The van der Waals surface area contributed by atoms with Crippen molar-refractivity contribution in [2.45, 2.75) is 26.2 Å². The second-order valence-corrected chi connectivity index (χ2v) is 8.23. The highest BCUT2D eigenvalue weighted by Crippen LogP contribution is 2.25. The molecule has 0 radical (unpaired) electrons. The van der Waals surface area contributed by atoms with Crippen molar-refractivity contribution in [3.63, 3.8) is 0 Å². The lowest BCUT2D eigenvalue weighted by Crippen LogP contribution is -2.43. The Bertz CT molecular complexity index is 1050. The largest absolute Gasteiger partial charge is 0.496 e. The third kappa shape index (κ3) is 5.07. The molecule has 1 N–H and O–H groups in total. The predicted molar refractivity (Wildman–Crippen MR) is 127 cm³/mol. The van der Waals surface area contributed by atoms with E-state index in [0.29, 0.717) is 13.1 Å². The fraction of sp³-hybridized carbons (Fsp3) is 0.346. The highest BCUT2D eigenvalue weighted by molar-refractivity contribution is 5.79. The van der Waals surface area contributed by atoms with Crippen LogP contribution in [-0.2, 0) is 11.2 Å². The standard InChI is InChI=1S/C26H30N4O2/c1-19-8-3-5-11-22(19)23-13-14-25(29-28-23)30-17-7-10-21(18-30)26(31)27-16-15-20-9-4-6-12-24(20)32-2/h3-6,8-9,11-14,21H,7,10,15-18H2,1-2H3,(H,27,31). The van der Waals surface area contributed by atoms with Gasteiger partial charge in [-0.3, -0.25) is 4.79 Å². The van der Waals surface area contributed by atoms with Crippen LogP contribution >= 0.6 is 0 Å². The number of aromatic nitrogens is 2. The number of rotatable bonds is 7. The van der Waals surface area contributed by atoms with E-state index in [1.54, 1.807) is 7.11 Å². The third-order valence-electron chi connectivity index (χ3n) is 6.07. The van der Waals surface area contributed by atoms with Crippen LogP contribution in [0.15, 0.2) is 60.7 Å². The summed E-state index contributed by atoms with van der Waals surface area (Å²) in [6.07, 6.45) is 2.61. The van der Waals surface area contributed by atoms with Gasteiger partial charge in [-0.1, -0.05) is 42.5 Å². The summed E-state index contributed by atoms with van der Waals surface area (Å²) in [5.41, 5.74) is 4.24. The number of para-hydroxylation sites is 1. The fourth-order valence-electron chi connectivity index (χ4n) is 4.27. The van der Waals surface area contributed by atoms with Gasteiger partial charge in [-0.15, -0.1) is 10.2 Å². The summed E-state index contributed by atoms with van der Waals surface area (Å²) in [6.45, 7) is 4.23. The van der Waals surface area contributed by atoms with Crippen LogP contribution < -0.4 is 15.0 Å². The number of carbonyl (C=O) groups excluding carboxylic acids is 1. The summed E-state index contributed by atoms with van der Waals surface area (Å²) < 4.78 is 5.39. The lowest BCUT2D eigenvalue weighted by Gasteiger charge is -2.32. The fourth-order valence-corrected chi connectivity index (χ4v) is 4.27. The first-order valence-corrected chi connectivity index (χ1v) is 11.2. The van der Waals surface area contributed by atoms with E-state index in [0.717, 1.165) is 54.2 Å². The van der Waals surface area contributed by atoms with Gasteiger partial charge < -0.3 is 15.0 Å². The number of amides is 1. The van der Waals surface area contributed by atoms with Crippen molar-refractivity contribution in [2.24, 2.45) is 5.92 Å². The predicted octanol–water partition coefficient (Wildman–Crippen LogP) is 4.04. The number of aryl methyl sites for hydroxylation is 1. The Labute approximate surface area is 189 Å². The first-order valence-electron chi connectivity index (χ1n) is 11.2. The summed E-state index contributed by atoms with van der Waals surface area (Å²) in [5, 5.41) is 12.0. The Hall–Kier alpha value is -3.41. The Morgan fingerprint density at radius 1 is 1.09 bits per heavy atom. The number of piperidine rings is 1. The zero-order valence-electron chi connectivity index (χ0n) is 18.8. The smallest absolute Gasteiger partial charge is 0.224 e. The van der Waals surface area contributed by atoms with Gasteiger partial charge >= 0.3 is 0 Å². The van der Waals surface area contributed by atoms with Crippen LogP contribution in [0.1, 0.15) is 24.0 Å². The Morgan fingerprint density at radius 2 is 1.91 bits per heavy atom. The first kappa shape index (κ1) is 21.8. The molecule has 1 atom stereocenters. The van der Waals surface area contributed by atoms with Crippen molar-refractivity contribution < 1.29 is 9.53 Å². The van der Waals surface area contributed by atoms with E-state index in [2.05, 4.69) is 39.5 Å². The third-order valence-corrected chi connectivity index (χ3v) is 6.07. The second kappa shape index (κ2) is 10.3. The monoisotopic (exact) mass is 430 g/mol. The summed E-state index contributed by atoms with van der Waals surface area (Å²) in [6, 6.07) is 20.1. The summed E-state index contributed by atoms with van der Waals surface area (Å²) in [7, 11) is 1.67. The molecule has 6 nitrogen and oxygen atoms in total. The van der Waals surface area contributed by atoms with E-state index in [4.69, 9.17) is 4.74 Å². The Balaban J connectivity index is 1.33. The molecular formula is C26H30N4O2. The number of nitrogens with zero attached hydrogens (tertiary/aromatic N) is 3. The van der Waals surface area contributed by atoms with Gasteiger partial charge in [-0.05, 0) is 55.5 Å². The molecule has 1 aliphatic heterocycles. The topological polar surface area (TPSA) is 67.3 Å². The van der Waals surface area contributed by atoms with E-state index in [9.17, 15) is 4.79 Å². The van der Waals surface area contributed by atoms with Crippen LogP contribution in [0.25, 0.3) is 11.3 Å². The van der Waals surface area contributed by atoms with Gasteiger partial charge in [0.1, 0.15) is 5.75 Å². The van der Waals surface area contributed by atoms with Crippen LogP contribution in [0.3, 0.4) is 0 Å². The van der Waals surface area contributed by atoms with Crippen molar-refractivity contribution in [1.82, 2.24) is 15.5 Å². The van der Waals surface area contributed by atoms with Crippen LogP contribution in [-0.4, -0.2) is 42.8 Å². The molecule has 1 aromatic heterocycles. The maximum Gasteiger partial charge on any atom is 0.224 e. The van der Waals surface area contributed by atoms with Gasteiger partial charge in [-0.2, -0.15) is 0 Å². The summed E-state index contributed by atoms with van der Waals surface area (Å²) in [5.74, 6) is 1.75. The number of anilines is 1. The van der Waals surface area contributed by atoms with Crippen molar-refractivity contribution in [2.75, 3.05) is 31.6 Å². The molecule has 1 saturated heterocycles. The molecule has 0 spiro atoms. The van der Waals surface area contributed by atoms with Crippen molar-refractivity contribution >= 4 is 11.7 Å². The molecule has 0 bridgehead atoms. The molecule has 1 amide bonds. The summed E-state index contributed by atoms with van der Waals surface area (Å²) >= 11 is 0. The molecule has 1 aliphatic rings. The van der Waals surface area contributed by atoms with E-state index < -0.39 is 0 Å². The lowest BCUT2D eigenvalue weighted by atomic mass is 9.97. The number of ether oxygens (including phenoxy) is 1. The van der Waals surface area contributed by atoms with Gasteiger partial charge in [-0.25, -0.2) is 0 Å². The Kier molecular flexibility index (Phi) is 7.00. The molecule has 6 heteroatoms. The van der Waals surface area contributed by atoms with E-state index in [-0.39, 0.29) is 11.8 Å². The molecule has 4 rings (SSSR count). The van der Waals surface area contributed by atoms with Gasteiger partial charge in [0.15, 0.2) is 5.82 Å². The molecule has 3 aromatic rings. The quantitative estimate of drug-likeness (QED) is 0.613. The Morgan fingerprint density at radius 3 is 2.69 bits per heavy atom. The van der Waals surface area contributed by atoms with Gasteiger partial charge in [0, 0.05) is 25.2 Å². The van der Waals surface area contributed by atoms with Crippen molar-refractivity contribution in [3.05, 3.63) is 71.8 Å². The maximum atomic E-state index is 12.8. The van der Waals surface area contributed by atoms with Crippen LogP contribution in [0.5, 0.6) is 5.75 Å². The number of hydrogen-bond donors (Lipinski definition) is 1. The second-order valence-electron chi connectivity index (χ2n) is 8.23. The molecule has 1 fully saturated rings. The van der Waals surface area contributed by atoms with E-state index >= 15 is 0 Å². The molecule has 2 aromatic carbocycles. The number of carbonyl (C=O) groups is 1. The molecule has 1 unspecified atom stereocenters. The molecule has 0 saturated carbocycles. The van der Waals surface area contributed by atoms with Gasteiger partial charge in [0.25, 0.3) is 0 Å². The number of nitrogens with one attached hydrogen (secondary N) is 1. The highest BCUT2D eigenvalue weighted by atomic mass is 16.5. The van der Waals surface area contributed by atoms with Gasteiger partial charge in [0.2, 0.25) is 5.91 Å². The zero-order valence-corrected chi connectivity index (χ0v) is 18.8. The SMILES string of the molecule is COc1ccccc1CCNC(=O)C1CCCN(c2ccc(-c3ccccc3C)nn2)C1. The average molecular weight is 431 g/mol. The average Bonchev–Trinajstić information content (AvgIpc) is 2.85. The van der Waals surface area contributed by atoms with Crippen LogP contribution in [0, 0.1) is 12.8 Å². The molecule has 166 valence electrons. The van der Waals surface area contributed by atoms with E-state index in [1.165, 1.54) is 5.56 Å². The zero-order chi connectivity index (χ0) is 22.3. The normalized spacial score (nSPS) is 15.9.